The van der Waals surface area contributed by atoms with Crippen molar-refractivity contribution in [3.8, 4) is 0 Å². The van der Waals surface area contributed by atoms with Crippen LogP contribution in [0.5, 0.6) is 0 Å². The van der Waals surface area contributed by atoms with Gasteiger partial charge in [-0.3, -0.25) is 4.79 Å². The molecule has 1 aliphatic heterocycles. The first kappa shape index (κ1) is 14.1. The fourth-order valence-electron chi connectivity index (χ4n) is 2.38. The van der Waals surface area contributed by atoms with Gasteiger partial charge in [-0.2, -0.15) is 0 Å². The van der Waals surface area contributed by atoms with E-state index in [1.54, 1.807) is 6.07 Å². The Labute approximate surface area is 126 Å². The van der Waals surface area contributed by atoms with Crippen LogP contribution in [0.25, 0.3) is 0 Å². The second-order valence-corrected chi connectivity index (χ2v) is 5.94. The topological polar surface area (TPSA) is 41.1 Å². The highest BCUT2D eigenvalue weighted by molar-refractivity contribution is 7.99. The Balaban J connectivity index is 1.84. The molecule has 0 saturated carbocycles. The molecule has 2 N–H and O–H groups in total. The molecule has 0 fully saturated rings. The molecule has 3 rings (SSSR count). The third-order valence-corrected chi connectivity index (χ3v) is 4.28. The maximum Gasteiger partial charge on any atom is 0.246 e. The predicted molar refractivity (Wildman–Crippen MR) is 82.0 cm³/mol. The van der Waals surface area contributed by atoms with Crippen molar-refractivity contribution < 1.29 is 9.18 Å². The number of rotatable bonds is 4. The van der Waals surface area contributed by atoms with E-state index in [1.807, 2.05) is 31.2 Å². The molecule has 5 heteroatoms. The van der Waals surface area contributed by atoms with E-state index in [-0.39, 0.29) is 17.8 Å². The number of benzene rings is 2. The van der Waals surface area contributed by atoms with Crippen LogP contribution in [-0.2, 0) is 4.79 Å². The zero-order valence-electron chi connectivity index (χ0n) is 11.5. The monoisotopic (exact) mass is 302 g/mol. The zero-order valence-corrected chi connectivity index (χ0v) is 12.3. The number of halogens is 1. The fraction of sp³-hybridized carbons (Fsp3) is 0.188. The van der Waals surface area contributed by atoms with Gasteiger partial charge in [-0.05, 0) is 36.9 Å². The molecule has 0 aromatic heterocycles. The van der Waals surface area contributed by atoms with Crippen molar-refractivity contribution in [2.45, 2.75) is 22.8 Å². The third kappa shape index (κ3) is 2.94. The molecule has 2 aromatic carbocycles. The number of hydrogen-bond donors (Lipinski definition) is 2. The molecule has 0 spiro atoms. The number of carbonyl (C=O) groups excluding carboxylic acids is 1. The number of anilines is 1. The fourth-order valence-corrected chi connectivity index (χ4v) is 3.28. The molecule has 0 aliphatic carbocycles. The highest BCUT2D eigenvalue weighted by Gasteiger charge is 2.29. The van der Waals surface area contributed by atoms with Crippen molar-refractivity contribution in [2.24, 2.45) is 0 Å². The highest BCUT2D eigenvalue weighted by Crippen LogP contribution is 2.36. The third-order valence-electron chi connectivity index (χ3n) is 3.30. The van der Waals surface area contributed by atoms with Gasteiger partial charge in [0.2, 0.25) is 5.91 Å². The lowest BCUT2D eigenvalue weighted by molar-refractivity contribution is -0.117. The van der Waals surface area contributed by atoms with Crippen LogP contribution >= 0.6 is 11.8 Å². The van der Waals surface area contributed by atoms with E-state index in [2.05, 4.69) is 10.6 Å². The molecule has 21 heavy (non-hydrogen) atoms. The quantitative estimate of drug-likeness (QED) is 0.907. The van der Waals surface area contributed by atoms with Gasteiger partial charge in [0.05, 0.1) is 0 Å². The van der Waals surface area contributed by atoms with E-state index in [0.29, 0.717) is 0 Å². The molecule has 108 valence electrons. The normalized spacial score (nSPS) is 16.7. The van der Waals surface area contributed by atoms with E-state index in [4.69, 9.17) is 0 Å². The van der Waals surface area contributed by atoms with Crippen LogP contribution in [0.1, 0.15) is 18.5 Å². The first-order valence-electron chi connectivity index (χ1n) is 6.79. The van der Waals surface area contributed by atoms with E-state index >= 15 is 0 Å². The summed E-state index contributed by atoms with van der Waals surface area (Å²) in [5, 5.41) is 6.04. The SMILES string of the molecule is CCNC1C(=O)Nc2cc(Sc3cccc(F)c3)ccc21. The van der Waals surface area contributed by atoms with Crippen molar-refractivity contribution in [3.05, 3.63) is 53.8 Å². The molecule has 1 unspecified atom stereocenters. The van der Waals surface area contributed by atoms with Gasteiger partial charge in [-0.15, -0.1) is 0 Å². The van der Waals surface area contributed by atoms with E-state index in [1.165, 1.54) is 23.9 Å². The highest BCUT2D eigenvalue weighted by atomic mass is 32.2. The molecular formula is C16H15FN2OS. The number of nitrogens with one attached hydrogen (secondary N) is 2. The second kappa shape index (κ2) is 5.87. The van der Waals surface area contributed by atoms with Crippen LogP contribution < -0.4 is 10.6 Å². The van der Waals surface area contributed by atoms with Crippen molar-refractivity contribution in [3.63, 3.8) is 0 Å². The number of carbonyl (C=O) groups is 1. The van der Waals surface area contributed by atoms with Gasteiger partial charge < -0.3 is 10.6 Å². The number of amides is 1. The van der Waals surface area contributed by atoms with Gasteiger partial charge in [0.15, 0.2) is 0 Å². The lowest BCUT2D eigenvalue weighted by Crippen LogP contribution is -2.27. The number of likely N-dealkylation sites (N-methyl/N-ethyl adjacent to an activating group) is 1. The van der Waals surface area contributed by atoms with Gasteiger partial charge in [-0.1, -0.05) is 30.8 Å². The summed E-state index contributed by atoms with van der Waals surface area (Å²) < 4.78 is 13.2. The Hall–Kier alpha value is -1.85. The standard InChI is InChI=1S/C16H15FN2OS/c1-2-18-15-13-7-6-12(9-14(13)19-16(15)20)21-11-5-3-4-10(17)8-11/h3-9,15,18H,2H2,1H3,(H,19,20). The molecule has 0 bridgehead atoms. The maximum atomic E-state index is 13.2. The maximum absolute atomic E-state index is 13.2. The van der Waals surface area contributed by atoms with Crippen LogP contribution in [-0.4, -0.2) is 12.5 Å². The summed E-state index contributed by atoms with van der Waals surface area (Å²) in [6.45, 7) is 2.71. The minimum absolute atomic E-state index is 0.0280. The Kier molecular flexibility index (Phi) is 3.94. The lowest BCUT2D eigenvalue weighted by Gasteiger charge is -2.09. The molecular weight excluding hydrogens is 287 g/mol. The van der Waals surface area contributed by atoms with E-state index < -0.39 is 0 Å². The van der Waals surface area contributed by atoms with Gasteiger partial charge >= 0.3 is 0 Å². The summed E-state index contributed by atoms with van der Waals surface area (Å²) in [7, 11) is 0. The second-order valence-electron chi connectivity index (χ2n) is 4.79. The Morgan fingerprint density at radius 1 is 1.24 bits per heavy atom. The average molecular weight is 302 g/mol. The smallest absolute Gasteiger partial charge is 0.246 e. The Morgan fingerprint density at radius 3 is 2.81 bits per heavy atom. The minimum atomic E-state index is -0.279. The van der Waals surface area contributed by atoms with Crippen LogP contribution in [0.2, 0.25) is 0 Å². The summed E-state index contributed by atoms with van der Waals surface area (Å²) in [5.41, 5.74) is 1.79. The van der Waals surface area contributed by atoms with Crippen LogP contribution in [0.15, 0.2) is 52.3 Å². The molecule has 3 nitrogen and oxygen atoms in total. The molecule has 1 atom stereocenters. The molecule has 1 heterocycles. The van der Waals surface area contributed by atoms with Gasteiger partial charge in [0.1, 0.15) is 11.9 Å². The Morgan fingerprint density at radius 2 is 2.05 bits per heavy atom. The van der Waals surface area contributed by atoms with Crippen molar-refractivity contribution in [1.29, 1.82) is 0 Å². The van der Waals surface area contributed by atoms with Gasteiger partial charge in [0.25, 0.3) is 0 Å². The predicted octanol–water partition coefficient (Wildman–Crippen LogP) is 3.58. The first-order valence-corrected chi connectivity index (χ1v) is 7.60. The first-order chi connectivity index (χ1) is 10.2. The van der Waals surface area contributed by atoms with Crippen LogP contribution in [0.4, 0.5) is 10.1 Å². The van der Waals surface area contributed by atoms with Crippen molar-refractivity contribution >= 4 is 23.4 Å². The zero-order chi connectivity index (χ0) is 14.8. The number of fused-ring (bicyclic) bond motifs is 1. The summed E-state index contributed by atoms with van der Waals surface area (Å²) in [6, 6.07) is 12.0. The molecule has 0 radical (unpaired) electrons. The minimum Gasteiger partial charge on any atom is -0.324 e. The summed E-state index contributed by atoms with van der Waals surface area (Å²) in [4.78, 5) is 13.7. The van der Waals surface area contributed by atoms with Crippen molar-refractivity contribution in [2.75, 3.05) is 11.9 Å². The largest absolute Gasteiger partial charge is 0.324 e. The van der Waals surface area contributed by atoms with Crippen LogP contribution in [0.3, 0.4) is 0 Å². The molecule has 1 aliphatic rings. The summed E-state index contributed by atoms with van der Waals surface area (Å²) in [6.07, 6.45) is 0. The van der Waals surface area contributed by atoms with Crippen molar-refractivity contribution in [1.82, 2.24) is 5.32 Å². The van der Waals surface area contributed by atoms with E-state index in [9.17, 15) is 9.18 Å². The van der Waals surface area contributed by atoms with Gasteiger partial charge in [0, 0.05) is 21.0 Å². The molecule has 0 saturated heterocycles. The van der Waals surface area contributed by atoms with E-state index in [0.717, 1.165) is 27.6 Å². The number of hydrogen-bond acceptors (Lipinski definition) is 3. The Bertz CT molecular complexity index is 690. The van der Waals surface area contributed by atoms with Gasteiger partial charge in [-0.25, -0.2) is 4.39 Å². The molecule has 2 aromatic rings. The van der Waals surface area contributed by atoms with Crippen LogP contribution in [0, 0.1) is 5.82 Å². The summed E-state index contributed by atoms with van der Waals surface area (Å²) >= 11 is 1.47. The average Bonchev–Trinajstić information content (AvgIpc) is 2.75. The lowest BCUT2D eigenvalue weighted by atomic mass is 10.1. The summed E-state index contributed by atoms with van der Waals surface area (Å²) in [5.74, 6) is -0.276. The molecule has 1 amide bonds.